The Balaban J connectivity index is 2.71. The van der Waals surface area contributed by atoms with Crippen LogP contribution in [0.4, 0.5) is 0 Å². The van der Waals surface area contributed by atoms with Crippen LogP contribution in [-0.4, -0.2) is 5.91 Å². The summed E-state index contributed by atoms with van der Waals surface area (Å²) in [6, 6.07) is 8.22. The zero-order valence-electron chi connectivity index (χ0n) is 7.67. The average molecular weight is 289 g/mol. The molecule has 1 N–H and O–H groups in total. The molecule has 1 amide bonds. The fraction of sp³-hybridized carbons (Fsp3) is 0.300. The number of rotatable bonds is 2. The normalized spacial score (nSPS) is 12.2. The number of hydrogen-bond acceptors (Lipinski definition) is 1. The number of carbonyl (C=O) groups excluding carboxylic acids is 1. The van der Waals surface area contributed by atoms with Crippen LogP contribution < -0.4 is 5.32 Å². The number of nitrogens with one attached hydrogen (secondary N) is 1. The number of halogens is 1. The van der Waals surface area contributed by atoms with Crippen molar-refractivity contribution in [3.8, 4) is 0 Å². The van der Waals surface area contributed by atoms with Gasteiger partial charge in [0.05, 0.1) is 6.04 Å². The van der Waals surface area contributed by atoms with Gasteiger partial charge in [0.2, 0.25) is 5.91 Å². The minimum absolute atomic E-state index is 0.00560. The van der Waals surface area contributed by atoms with Gasteiger partial charge in [-0.2, -0.15) is 0 Å². The summed E-state index contributed by atoms with van der Waals surface area (Å²) in [6.45, 7) is 3.51. The SMILES string of the molecule is CC(=O)NC(C)c1ccc(I)cc1. The maximum absolute atomic E-state index is 10.8. The lowest BCUT2D eigenvalue weighted by Gasteiger charge is -2.12. The number of benzene rings is 1. The Morgan fingerprint density at radius 1 is 1.38 bits per heavy atom. The van der Waals surface area contributed by atoms with E-state index in [0.717, 1.165) is 5.56 Å². The van der Waals surface area contributed by atoms with Crippen LogP contribution in [-0.2, 0) is 4.79 Å². The Bertz CT molecular complexity index is 294. The Morgan fingerprint density at radius 3 is 2.38 bits per heavy atom. The maximum atomic E-state index is 10.8. The minimum Gasteiger partial charge on any atom is -0.350 e. The third-order valence-corrected chi connectivity index (χ3v) is 2.51. The van der Waals surface area contributed by atoms with Crippen LogP contribution in [0.3, 0.4) is 0 Å². The van der Waals surface area contributed by atoms with Crippen LogP contribution in [0.25, 0.3) is 0 Å². The molecule has 0 saturated carbocycles. The molecule has 70 valence electrons. The lowest BCUT2D eigenvalue weighted by atomic mass is 10.1. The van der Waals surface area contributed by atoms with Gasteiger partial charge in [-0.1, -0.05) is 12.1 Å². The molecule has 0 spiro atoms. The molecule has 1 atom stereocenters. The first-order chi connectivity index (χ1) is 6.09. The van der Waals surface area contributed by atoms with Gasteiger partial charge in [-0.05, 0) is 47.2 Å². The van der Waals surface area contributed by atoms with E-state index in [2.05, 4.69) is 27.9 Å². The molecule has 3 heteroatoms. The van der Waals surface area contributed by atoms with Crippen LogP contribution in [0.5, 0.6) is 0 Å². The second-order valence-electron chi connectivity index (χ2n) is 2.97. The molecule has 1 rings (SSSR count). The smallest absolute Gasteiger partial charge is 0.217 e. The van der Waals surface area contributed by atoms with Crippen molar-refractivity contribution >= 4 is 28.5 Å². The van der Waals surface area contributed by atoms with Crippen molar-refractivity contribution in [1.82, 2.24) is 5.32 Å². The summed E-state index contributed by atoms with van der Waals surface area (Å²) in [6.07, 6.45) is 0. The summed E-state index contributed by atoms with van der Waals surface area (Å²) < 4.78 is 1.20. The lowest BCUT2D eigenvalue weighted by molar-refractivity contribution is -0.119. The molecule has 1 aromatic carbocycles. The van der Waals surface area contributed by atoms with E-state index in [1.807, 2.05) is 31.2 Å². The molecule has 0 heterocycles. The molecule has 0 radical (unpaired) electrons. The highest BCUT2D eigenvalue weighted by Crippen LogP contribution is 2.13. The number of carbonyl (C=O) groups is 1. The van der Waals surface area contributed by atoms with Gasteiger partial charge >= 0.3 is 0 Å². The van der Waals surface area contributed by atoms with E-state index in [0.29, 0.717) is 0 Å². The van der Waals surface area contributed by atoms with Gasteiger partial charge in [-0.15, -0.1) is 0 Å². The van der Waals surface area contributed by atoms with Crippen molar-refractivity contribution in [2.45, 2.75) is 19.9 Å². The molecule has 1 unspecified atom stereocenters. The van der Waals surface area contributed by atoms with E-state index >= 15 is 0 Å². The number of amides is 1. The number of hydrogen-bond donors (Lipinski definition) is 1. The highest BCUT2D eigenvalue weighted by molar-refractivity contribution is 14.1. The van der Waals surface area contributed by atoms with Crippen LogP contribution in [0.15, 0.2) is 24.3 Å². The summed E-state index contributed by atoms with van der Waals surface area (Å²) in [7, 11) is 0. The molecule has 0 aliphatic rings. The van der Waals surface area contributed by atoms with Gasteiger partial charge in [-0.3, -0.25) is 4.79 Å². The standard InChI is InChI=1S/C10H12INO/c1-7(12-8(2)13)9-3-5-10(11)6-4-9/h3-7H,1-2H3,(H,12,13). The molecule has 13 heavy (non-hydrogen) atoms. The maximum Gasteiger partial charge on any atom is 0.217 e. The van der Waals surface area contributed by atoms with Crippen molar-refractivity contribution in [2.75, 3.05) is 0 Å². The van der Waals surface area contributed by atoms with E-state index < -0.39 is 0 Å². The van der Waals surface area contributed by atoms with Gasteiger partial charge < -0.3 is 5.32 Å². The first kappa shape index (κ1) is 10.5. The van der Waals surface area contributed by atoms with Crippen LogP contribution in [0, 0.1) is 3.57 Å². The van der Waals surface area contributed by atoms with Crippen molar-refractivity contribution in [3.63, 3.8) is 0 Å². The van der Waals surface area contributed by atoms with E-state index in [1.54, 1.807) is 0 Å². The van der Waals surface area contributed by atoms with E-state index in [1.165, 1.54) is 10.5 Å². The van der Waals surface area contributed by atoms with Crippen LogP contribution >= 0.6 is 22.6 Å². The summed E-state index contributed by atoms with van der Waals surface area (Å²) in [5.41, 5.74) is 1.13. The van der Waals surface area contributed by atoms with Crippen molar-refractivity contribution in [2.24, 2.45) is 0 Å². The monoisotopic (exact) mass is 289 g/mol. The fourth-order valence-corrected chi connectivity index (χ4v) is 1.50. The summed E-state index contributed by atoms with van der Waals surface area (Å²) >= 11 is 2.26. The fourth-order valence-electron chi connectivity index (χ4n) is 1.14. The first-order valence-corrected chi connectivity index (χ1v) is 5.20. The first-order valence-electron chi connectivity index (χ1n) is 4.12. The van der Waals surface area contributed by atoms with E-state index in [9.17, 15) is 4.79 Å². The Kier molecular flexibility index (Phi) is 3.71. The molecule has 1 aromatic rings. The minimum atomic E-state index is 0.00560. The van der Waals surface area contributed by atoms with Crippen molar-refractivity contribution in [1.29, 1.82) is 0 Å². The average Bonchev–Trinajstić information content (AvgIpc) is 2.04. The highest BCUT2D eigenvalue weighted by Gasteiger charge is 2.04. The molecular weight excluding hydrogens is 277 g/mol. The Labute approximate surface area is 91.9 Å². The Morgan fingerprint density at radius 2 is 1.92 bits per heavy atom. The van der Waals surface area contributed by atoms with Crippen molar-refractivity contribution < 1.29 is 4.79 Å². The predicted molar refractivity (Wildman–Crippen MR) is 61.4 cm³/mol. The van der Waals surface area contributed by atoms with Gasteiger partial charge in [0.25, 0.3) is 0 Å². The van der Waals surface area contributed by atoms with Gasteiger partial charge in [-0.25, -0.2) is 0 Å². The van der Waals surface area contributed by atoms with E-state index in [4.69, 9.17) is 0 Å². The second kappa shape index (κ2) is 4.60. The zero-order chi connectivity index (χ0) is 9.84. The summed E-state index contributed by atoms with van der Waals surface area (Å²) in [4.78, 5) is 10.8. The quantitative estimate of drug-likeness (QED) is 0.833. The largest absolute Gasteiger partial charge is 0.350 e. The predicted octanol–water partition coefficient (Wildman–Crippen LogP) is 2.49. The van der Waals surface area contributed by atoms with Gasteiger partial charge in [0, 0.05) is 10.5 Å². The Hall–Kier alpha value is -0.580. The molecular formula is C10H12INO. The highest BCUT2D eigenvalue weighted by atomic mass is 127. The van der Waals surface area contributed by atoms with Gasteiger partial charge in [0.15, 0.2) is 0 Å². The molecule has 0 aliphatic carbocycles. The van der Waals surface area contributed by atoms with E-state index in [-0.39, 0.29) is 11.9 Å². The molecule has 0 fully saturated rings. The third kappa shape index (κ3) is 3.34. The second-order valence-corrected chi connectivity index (χ2v) is 4.22. The van der Waals surface area contributed by atoms with Gasteiger partial charge in [0.1, 0.15) is 0 Å². The molecule has 0 aromatic heterocycles. The summed E-state index contributed by atoms with van der Waals surface area (Å²) in [5.74, 6) is 0.00560. The molecule has 0 bridgehead atoms. The van der Waals surface area contributed by atoms with Crippen LogP contribution in [0.1, 0.15) is 25.5 Å². The third-order valence-electron chi connectivity index (χ3n) is 1.79. The summed E-state index contributed by atoms with van der Waals surface area (Å²) in [5, 5.41) is 2.84. The van der Waals surface area contributed by atoms with Crippen LogP contribution in [0.2, 0.25) is 0 Å². The molecule has 0 saturated heterocycles. The lowest BCUT2D eigenvalue weighted by Crippen LogP contribution is -2.23. The zero-order valence-corrected chi connectivity index (χ0v) is 9.83. The molecule has 0 aliphatic heterocycles. The topological polar surface area (TPSA) is 29.1 Å². The molecule has 2 nitrogen and oxygen atoms in total. The van der Waals surface area contributed by atoms with Crippen molar-refractivity contribution in [3.05, 3.63) is 33.4 Å².